The first-order valence-corrected chi connectivity index (χ1v) is 13.7. The Morgan fingerprint density at radius 2 is 1.83 bits per heavy atom. The number of nitrogens with one attached hydrogen (secondary N) is 2. The monoisotopic (exact) mass is 504 g/mol. The third kappa shape index (κ3) is 3.43. The fraction of sp³-hybridized carbons (Fsp3) is 0.308. The molecule has 1 aromatic heterocycles. The molecule has 1 fully saturated rings. The Hall–Kier alpha value is -3.63. The number of rotatable bonds is 4. The quantitative estimate of drug-likeness (QED) is 0.397. The van der Waals surface area contributed by atoms with E-state index in [9.17, 15) is 8.42 Å². The van der Waals surface area contributed by atoms with Crippen LogP contribution in [-0.4, -0.2) is 39.0 Å². The van der Waals surface area contributed by atoms with E-state index in [4.69, 9.17) is 16.2 Å². The number of fused-ring (bicyclic) bond motifs is 2. The number of anilines is 3. The smallest absolute Gasteiger partial charge is 0.237 e. The summed E-state index contributed by atoms with van der Waals surface area (Å²) < 4.78 is 29.5. The summed E-state index contributed by atoms with van der Waals surface area (Å²) >= 11 is 0. The van der Waals surface area contributed by atoms with Crippen LogP contribution in [0, 0.1) is 6.92 Å². The largest absolute Gasteiger partial charge is 0.474 e. The highest BCUT2D eigenvalue weighted by molar-refractivity contribution is 7.92. The zero-order valence-corrected chi connectivity index (χ0v) is 20.9. The molecule has 3 heterocycles. The molecule has 9 nitrogen and oxygen atoms in total. The summed E-state index contributed by atoms with van der Waals surface area (Å²) in [6.45, 7) is 3.34. The lowest BCUT2D eigenvalue weighted by molar-refractivity contribution is 0.310. The Balaban J connectivity index is 1.35. The van der Waals surface area contributed by atoms with Gasteiger partial charge in [-0.3, -0.25) is 5.73 Å². The second-order valence-corrected chi connectivity index (χ2v) is 12.1. The van der Waals surface area contributed by atoms with Gasteiger partial charge in [0.05, 0.1) is 4.75 Å². The van der Waals surface area contributed by atoms with Crippen molar-refractivity contribution < 1.29 is 13.2 Å². The predicted molar refractivity (Wildman–Crippen MR) is 142 cm³/mol. The summed E-state index contributed by atoms with van der Waals surface area (Å²) in [5, 5.41) is 6.72. The molecule has 0 amide bonds. The minimum atomic E-state index is -3.19. The molecule has 3 aliphatic rings. The molecule has 1 atom stereocenters. The van der Waals surface area contributed by atoms with Gasteiger partial charge in [0.2, 0.25) is 11.7 Å². The van der Waals surface area contributed by atoms with Gasteiger partial charge in [-0.2, -0.15) is 0 Å². The van der Waals surface area contributed by atoms with Crippen molar-refractivity contribution in [2.75, 3.05) is 35.8 Å². The number of sulfone groups is 1. The van der Waals surface area contributed by atoms with Gasteiger partial charge in [-0.15, -0.1) is 0 Å². The molecular weight excluding hydrogens is 476 g/mol. The number of nitrogens with zero attached hydrogens (tertiary/aromatic N) is 2. The number of hydrogen-bond acceptors (Lipinski definition) is 9. The van der Waals surface area contributed by atoms with E-state index in [0.29, 0.717) is 31.0 Å². The molecule has 6 N–H and O–H groups in total. The molecule has 0 radical (unpaired) electrons. The summed E-state index contributed by atoms with van der Waals surface area (Å²) in [6, 6.07) is 11.3. The minimum absolute atomic E-state index is 0.571. The van der Waals surface area contributed by atoms with E-state index in [1.54, 1.807) is 12.4 Å². The molecule has 2 aromatic carbocycles. The predicted octanol–water partition coefficient (Wildman–Crippen LogP) is 3.09. The van der Waals surface area contributed by atoms with Gasteiger partial charge >= 0.3 is 0 Å². The first-order valence-electron chi connectivity index (χ1n) is 11.8. The summed E-state index contributed by atoms with van der Waals surface area (Å²) in [5.74, 6) is -0.622. The maximum Gasteiger partial charge on any atom is 0.237 e. The first-order chi connectivity index (χ1) is 17.1. The van der Waals surface area contributed by atoms with Gasteiger partial charge < -0.3 is 21.1 Å². The lowest BCUT2D eigenvalue weighted by Gasteiger charge is -2.33. The van der Waals surface area contributed by atoms with Gasteiger partial charge in [0.15, 0.2) is 9.84 Å². The maximum absolute atomic E-state index is 12.3. The molecule has 2 aliphatic heterocycles. The van der Waals surface area contributed by atoms with Crippen LogP contribution in [0.4, 0.5) is 17.1 Å². The summed E-state index contributed by atoms with van der Waals surface area (Å²) in [7, 11) is -3.19. The standard InChI is InChI=1S/C26H28N6O3S/c1-15-19(13-30-24-23(15)29-9-10-35-24)16-11-21(27)20-14-31-26(28,32-22(20)12-16)18-5-3-17(4-6-18)25(7-8-25)36(2,33)34/h3-6,11-14,29,32H,7-10,27-28H2,1-2H3. The molecule has 3 aromatic rings. The van der Waals surface area contributed by atoms with Crippen LogP contribution in [0.15, 0.2) is 47.6 Å². The van der Waals surface area contributed by atoms with E-state index < -0.39 is 20.4 Å². The van der Waals surface area contributed by atoms with Gasteiger partial charge in [-0.1, -0.05) is 24.3 Å². The number of pyridine rings is 1. The Morgan fingerprint density at radius 3 is 2.53 bits per heavy atom. The van der Waals surface area contributed by atoms with Crippen LogP contribution in [0.5, 0.6) is 5.88 Å². The number of benzene rings is 2. The van der Waals surface area contributed by atoms with Crippen LogP contribution >= 0.6 is 0 Å². The van der Waals surface area contributed by atoms with Gasteiger partial charge in [0, 0.05) is 53.3 Å². The summed E-state index contributed by atoms with van der Waals surface area (Å²) in [6.07, 6.45) is 6.06. The zero-order valence-electron chi connectivity index (χ0n) is 20.1. The molecule has 0 bridgehead atoms. The van der Waals surface area contributed by atoms with Crippen molar-refractivity contribution in [1.82, 2.24) is 4.98 Å². The number of nitrogens with two attached hydrogens (primary N) is 2. The maximum atomic E-state index is 12.3. The van der Waals surface area contributed by atoms with Crippen molar-refractivity contribution in [3.05, 3.63) is 64.8 Å². The third-order valence-corrected chi connectivity index (χ3v) is 9.52. The Kier molecular flexibility index (Phi) is 4.87. The first kappa shape index (κ1) is 22.8. The molecule has 10 heteroatoms. The van der Waals surface area contributed by atoms with E-state index in [2.05, 4.69) is 20.6 Å². The second kappa shape index (κ2) is 7.68. The van der Waals surface area contributed by atoms with Crippen molar-refractivity contribution in [1.29, 1.82) is 0 Å². The Morgan fingerprint density at radius 1 is 1.11 bits per heavy atom. The van der Waals surface area contributed by atoms with Gasteiger partial charge in [0.1, 0.15) is 12.3 Å². The lowest BCUT2D eigenvalue weighted by Crippen LogP contribution is -2.45. The highest BCUT2D eigenvalue weighted by Gasteiger charge is 2.53. The van der Waals surface area contributed by atoms with Crippen LogP contribution in [0.1, 0.15) is 35.1 Å². The van der Waals surface area contributed by atoms with E-state index in [-0.39, 0.29) is 0 Å². The van der Waals surface area contributed by atoms with E-state index >= 15 is 0 Å². The highest BCUT2D eigenvalue weighted by Crippen LogP contribution is 2.52. The number of aromatic nitrogens is 1. The molecule has 36 heavy (non-hydrogen) atoms. The molecule has 1 saturated carbocycles. The van der Waals surface area contributed by atoms with Crippen molar-refractivity contribution in [2.45, 2.75) is 30.3 Å². The molecule has 1 unspecified atom stereocenters. The Bertz CT molecular complexity index is 1530. The molecule has 0 saturated heterocycles. The van der Waals surface area contributed by atoms with Crippen LogP contribution < -0.4 is 26.8 Å². The van der Waals surface area contributed by atoms with Crippen LogP contribution in [-0.2, 0) is 20.4 Å². The molecular formula is C26H28N6O3S. The van der Waals surface area contributed by atoms with Crippen LogP contribution in [0.2, 0.25) is 0 Å². The van der Waals surface area contributed by atoms with Gasteiger partial charge in [0.25, 0.3) is 0 Å². The molecule has 0 spiro atoms. The second-order valence-electron chi connectivity index (χ2n) is 9.77. The van der Waals surface area contributed by atoms with Crippen LogP contribution in [0.3, 0.4) is 0 Å². The van der Waals surface area contributed by atoms with E-state index in [0.717, 1.165) is 51.3 Å². The van der Waals surface area contributed by atoms with E-state index in [1.165, 1.54) is 6.26 Å². The SMILES string of the molecule is Cc1c(-c2cc(N)c3c(c2)NC(N)(c2ccc(C4(S(C)(=O)=O)CC4)cc2)N=C3)cnc2c1NCCO2. The van der Waals surface area contributed by atoms with Crippen molar-refractivity contribution >= 4 is 33.1 Å². The zero-order chi connectivity index (χ0) is 25.3. The van der Waals surface area contributed by atoms with Crippen LogP contribution in [0.25, 0.3) is 11.1 Å². The number of aliphatic imine (C=N–C) groups is 1. The average molecular weight is 505 g/mol. The average Bonchev–Trinajstić information content (AvgIpc) is 3.67. The fourth-order valence-corrected chi connectivity index (χ4v) is 6.56. The highest BCUT2D eigenvalue weighted by atomic mass is 32.2. The molecule has 186 valence electrons. The minimum Gasteiger partial charge on any atom is -0.474 e. The number of hydrogen-bond donors (Lipinski definition) is 4. The van der Waals surface area contributed by atoms with Crippen molar-refractivity contribution in [2.24, 2.45) is 10.7 Å². The summed E-state index contributed by atoms with van der Waals surface area (Å²) in [4.78, 5) is 9.06. The van der Waals surface area contributed by atoms with Crippen molar-refractivity contribution in [3.63, 3.8) is 0 Å². The molecule has 1 aliphatic carbocycles. The van der Waals surface area contributed by atoms with Crippen molar-refractivity contribution in [3.8, 4) is 17.0 Å². The Labute approximate surface area is 209 Å². The van der Waals surface area contributed by atoms with E-state index in [1.807, 2.05) is 43.3 Å². The van der Waals surface area contributed by atoms with Gasteiger partial charge in [-0.05, 0) is 48.6 Å². The number of nitrogen functional groups attached to an aromatic ring is 1. The fourth-order valence-electron chi connectivity index (χ4n) is 5.16. The molecule has 6 rings (SSSR count). The van der Waals surface area contributed by atoms with Gasteiger partial charge in [-0.25, -0.2) is 18.4 Å². The third-order valence-electron chi connectivity index (χ3n) is 7.46. The topological polar surface area (TPSA) is 145 Å². The lowest BCUT2D eigenvalue weighted by atomic mass is 9.96. The number of ether oxygens (including phenoxy) is 1. The normalized spacial score (nSPS) is 21.4. The summed E-state index contributed by atoms with van der Waals surface area (Å²) in [5.41, 5.74) is 20.5.